The molecule has 11 heteroatoms. The maximum Gasteiger partial charge on any atom is 0.198 e. The zero-order chi connectivity index (χ0) is 49.1. The normalized spacial score (nSPS) is 14.8. The van der Waals surface area contributed by atoms with Crippen molar-refractivity contribution < 1.29 is 30.7 Å². The number of halogens is 7. The van der Waals surface area contributed by atoms with Gasteiger partial charge >= 0.3 is 0 Å². The molecule has 0 bridgehead atoms. The van der Waals surface area contributed by atoms with E-state index in [1.165, 1.54) is 17.1 Å². The Bertz CT molecular complexity index is 3540. The number of hydrogen-bond acceptors (Lipinski definition) is 0. The van der Waals surface area contributed by atoms with Crippen LogP contribution in [0.25, 0.3) is 61.1 Å². The van der Waals surface area contributed by atoms with Crippen molar-refractivity contribution in [3.05, 3.63) is 207 Å². The molecule has 2 aromatic heterocycles. The molecule has 2 heterocycles. The fraction of sp³-hybridized carbons (Fsp3) is 0.233. The highest BCUT2D eigenvalue weighted by Gasteiger charge is 2.40. The van der Waals surface area contributed by atoms with Gasteiger partial charge in [-0.25, -0.2) is 30.7 Å². The van der Waals surface area contributed by atoms with E-state index >= 15 is 22.0 Å². The summed E-state index contributed by atoms with van der Waals surface area (Å²) in [6.45, 7) is 4.42. The summed E-state index contributed by atoms with van der Waals surface area (Å²) in [5, 5.41) is 2.29. The van der Waals surface area contributed by atoms with Gasteiger partial charge in [-0.3, -0.25) is 4.33 Å². The summed E-state index contributed by atoms with van der Waals surface area (Å²) in [4.78, 5) is 3.92. The van der Waals surface area contributed by atoms with E-state index in [0.29, 0.717) is 11.1 Å². The third-order valence-electron chi connectivity index (χ3n) is 14.7. The quantitative estimate of drug-likeness (QED) is 0.0457. The van der Waals surface area contributed by atoms with Gasteiger partial charge in [-0.2, -0.15) is 0 Å². The molecule has 2 unspecified atom stereocenters. The molecule has 0 spiro atoms. The monoisotopic (exact) mass is 992 g/mol. The summed E-state index contributed by atoms with van der Waals surface area (Å²) in [6, 6.07) is 36.0. The van der Waals surface area contributed by atoms with E-state index in [4.69, 9.17) is 0 Å². The minimum Gasteiger partial charge on any atom is -0.356 e. The predicted molar refractivity (Wildman–Crippen MR) is 275 cm³/mol. The Morgan fingerprint density at radius 1 is 0.465 bits per heavy atom. The molecule has 2 atom stereocenters. The molecule has 358 valence electrons. The molecule has 7 aromatic carbocycles. The van der Waals surface area contributed by atoms with Crippen LogP contribution in [0.5, 0.6) is 0 Å². The summed E-state index contributed by atoms with van der Waals surface area (Å²) < 4.78 is 110. The first-order valence-corrected chi connectivity index (χ1v) is 27.1. The summed E-state index contributed by atoms with van der Waals surface area (Å²) in [5.74, 6) is -11.9. The average Bonchev–Trinajstić information content (AvgIpc) is 4.15. The first-order valence-electron chi connectivity index (χ1n) is 24.6. The Morgan fingerprint density at radius 2 is 1.00 bits per heavy atom. The number of hydrogen-bond donors (Lipinski definition) is 1. The van der Waals surface area contributed by atoms with Crippen molar-refractivity contribution in [1.82, 2.24) is 9.31 Å². The van der Waals surface area contributed by atoms with Crippen LogP contribution in [0.1, 0.15) is 122 Å². The minimum atomic E-state index is -1.88. The van der Waals surface area contributed by atoms with Crippen molar-refractivity contribution in [2.24, 2.45) is 0 Å². The Labute approximate surface area is 411 Å². The van der Waals surface area contributed by atoms with E-state index in [2.05, 4.69) is 35.3 Å². The number of nitrogens with one attached hydrogen (secondary N) is 1. The number of unbranched alkanes of at least 4 members (excludes halogenated alkanes) is 6. The van der Waals surface area contributed by atoms with Crippen LogP contribution in [0.3, 0.4) is 0 Å². The lowest BCUT2D eigenvalue weighted by atomic mass is 9.82. The molecule has 71 heavy (non-hydrogen) atoms. The molecule has 0 fully saturated rings. The molecule has 0 saturated carbocycles. The molecule has 0 radical (unpaired) electrons. The molecule has 0 aliphatic heterocycles. The summed E-state index contributed by atoms with van der Waals surface area (Å²) >= 11 is 0. The Balaban J connectivity index is 1.23. The van der Waals surface area contributed by atoms with Crippen LogP contribution in [0.2, 0.25) is 0 Å². The second-order valence-corrected chi connectivity index (χ2v) is 21.3. The van der Waals surface area contributed by atoms with Crippen LogP contribution in [-0.4, -0.2) is 9.31 Å². The lowest BCUT2D eigenvalue weighted by molar-refractivity contribution is 0.411. The number of rotatable bonds is 15. The van der Waals surface area contributed by atoms with Gasteiger partial charge in [0.15, 0.2) is 40.7 Å². The van der Waals surface area contributed by atoms with Crippen molar-refractivity contribution in [2.45, 2.75) is 89.9 Å². The number of H-pyrrole nitrogens is 1. The van der Waals surface area contributed by atoms with Crippen LogP contribution in [0.4, 0.5) is 30.7 Å². The average molecular weight is 993 g/mol. The van der Waals surface area contributed by atoms with Crippen LogP contribution in [0.15, 0.2) is 121 Å². The predicted octanol–water partition coefficient (Wildman–Crippen LogP) is 19.0. The third-order valence-corrected chi connectivity index (χ3v) is 17.6. The maximum atomic E-state index is 16.2. The largest absolute Gasteiger partial charge is 0.356 e. The second-order valence-electron chi connectivity index (χ2n) is 18.8. The van der Waals surface area contributed by atoms with Crippen molar-refractivity contribution in [2.75, 3.05) is 0 Å². The van der Waals surface area contributed by atoms with Gasteiger partial charge in [0.2, 0.25) is 0 Å². The highest BCUT2D eigenvalue weighted by atomic mass is 31.8. The summed E-state index contributed by atoms with van der Waals surface area (Å²) in [5.41, 5.74) is 11.6. The van der Waals surface area contributed by atoms with Gasteiger partial charge in [-0.15, -0.1) is 0 Å². The van der Waals surface area contributed by atoms with Crippen molar-refractivity contribution >= 4 is 26.8 Å². The fourth-order valence-electron chi connectivity index (χ4n) is 11.5. The first kappa shape index (κ1) is 47.1. The molecule has 1 N–H and O–H groups in total. The van der Waals surface area contributed by atoms with E-state index < -0.39 is 52.6 Å². The summed E-state index contributed by atoms with van der Waals surface area (Å²) in [7, 11) is 2.18. The highest BCUT2D eigenvalue weighted by Crippen LogP contribution is 2.58. The second kappa shape index (κ2) is 19.4. The molecule has 9 aromatic rings. The summed E-state index contributed by atoms with van der Waals surface area (Å²) in [6.07, 6.45) is 10.5. The van der Waals surface area contributed by atoms with Crippen molar-refractivity contribution in [3.8, 4) is 50.2 Å². The molecule has 0 saturated heterocycles. The van der Waals surface area contributed by atoms with Crippen LogP contribution in [-0.2, 0) is 12.8 Å². The van der Waals surface area contributed by atoms with E-state index in [9.17, 15) is 8.78 Å². The van der Waals surface area contributed by atoms with Gasteiger partial charge in [-0.05, 0) is 119 Å². The maximum absolute atomic E-state index is 16.2. The fourth-order valence-corrected chi connectivity index (χ4v) is 14.8. The lowest BCUT2D eigenvalue weighted by Gasteiger charge is -2.22. The lowest BCUT2D eigenvalue weighted by Crippen LogP contribution is -2.10. The number of fused-ring (bicyclic) bond motifs is 7. The standard InChI is InChI=1S/C60H49F7N2P2/c1-3-5-7-9-28-47-48(29-10-8-6-4-2)70-71-69(47)60-52-42(51-35-20-13-11-18-33(35)36-22-15-24-39(49(36)51)41-30-31-44(61)56(65)54(41)63)26-17-27-46(52)68-59(60)53-38-21-14-12-19-34(38)37-23-16-25-40(50(37)53)43-32-45(62)57(66)58(67)55(43)64/h11-27,30-32,51,53,68H,3-10,28-29H2,1-2H3. The van der Waals surface area contributed by atoms with Crippen LogP contribution >= 0.6 is 15.9 Å². The van der Waals surface area contributed by atoms with Crippen LogP contribution < -0.4 is 0 Å². The van der Waals surface area contributed by atoms with Gasteiger partial charge in [0.1, 0.15) is 0 Å². The van der Waals surface area contributed by atoms with Crippen LogP contribution in [0, 0.1) is 40.7 Å². The number of aryl methyl sites for hydroxylation is 1. The Kier molecular flexibility index (Phi) is 12.9. The van der Waals surface area contributed by atoms with E-state index in [1.54, 1.807) is 18.2 Å². The topological polar surface area (TPSA) is 20.7 Å². The molecule has 11 rings (SSSR count). The van der Waals surface area contributed by atoms with Gasteiger partial charge < -0.3 is 4.98 Å². The van der Waals surface area contributed by atoms with E-state index in [0.717, 1.165) is 159 Å². The molecular formula is C60H49F7N2P2. The zero-order valence-corrected chi connectivity index (χ0v) is 41.0. The van der Waals surface area contributed by atoms with Crippen molar-refractivity contribution in [1.29, 1.82) is 0 Å². The smallest absolute Gasteiger partial charge is 0.198 e. The molecular weight excluding hydrogens is 944 g/mol. The molecule has 2 aliphatic carbocycles. The molecule has 0 amide bonds. The molecule has 2 aliphatic rings. The number of nitrogens with zero attached hydrogens (tertiary/aromatic N) is 1. The van der Waals surface area contributed by atoms with Gasteiger partial charge in [-0.1, -0.05) is 149 Å². The SMILES string of the molecule is CCCCCCc1ppn(-c2c(C3c4ccccc4-c4cccc(-c5cc(F)c(F)c(F)c5F)c43)[nH]c3cccc(C4c5ccccc5-c5cccc(-c6ccc(F)c(F)c6F)c54)c23)c1CCCCCC. The van der Waals surface area contributed by atoms with Crippen molar-refractivity contribution in [3.63, 3.8) is 0 Å². The number of aromatic amines is 1. The number of benzene rings is 7. The Hall–Kier alpha value is -6.27. The van der Waals surface area contributed by atoms with E-state index in [-0.39, 0.29) is 16.7 Å². The number of aromatic nitrogens is 2. The third kappa shape index (κ3) is 7.86. The van der Waals surface area contributed by atoms with Gasteiger partial charge in [0, 0.05) is 38.9 Å². The molecule has 2 nitrogen and oxygen atoms in total. The Morgan fingerprint density at radius 3 is 1.68 bits per heavy atom. The minimum absolute atomic E-state index is 0.0461. The highest BCUT2D eigenvalue weighted by molar-refractivity contribution is 7.89. The van der Waals surface area contributed by atoms with Gasteiger partial charge in [0.25, 0.3) is 0 Å². The van der Waals surface area contributed by atoms with E-state index in [1.807, 2.05) is 72.8 Å². The van der Waals surface area contributed by atoms with Gasteiger partial charge in [0.05, 0.1) is 25.3 Å². The zero-order valence-electron chi connectivity index (χ0n) is 39.3. The first-order chi connectivity index (χ1) is 34.6.